The Kier molecular flexibility index (Phi) is 8.22. The second kappa shape index (κ2) is 11.6. The molecule has 1 atom stereocenters. The minimum atomic E-state index is -1.29. The summed E-state index contributed by atoms with van der Waals surface area (Å²) in [4.78, 5) is 4.26. The predicted octanol–water partition coefficient (Wildman–Crippen LogP) is 6.06. The van der Waals surface area contributed by atoms with Gasteiger partial charge < -0.3 is 0 Å². The van der Waals surface area contributed by atoms with Gasteiger partial charge in [-0.05, 0) is 0 Å². The zero-order valence-corrected chi connectivity index (χ0v) is 24.2. The van der Waals surface area contributed by atoms with Crippen LogP contribution in [0.15, 0.2) is 42.7 Å². The third-order valence-corrected chi connectivity index (χ3v) is 14.0. The first-order valence-electron chi connectivity index (χ1n) is 12.6. The van der Waals surface area contributed by atoms with E-state index in [1.165, 1.54) is 44.2 Å². The number of rotatable bonds is 8. The molecule has 3 aromatic rings. The van der Waals surface area contributed by atoms with Crippen LogP contribution in [0.4, 0.5) is 5.69 Å². The van der Waals surface area contributed by atoms with Crippen LogP contribution in [0.5, 0.6) is 11.5 Å². The van der Waals surface area contributed by atoms with Crippen molar-refractivity contribution in [1.29, 1.82) is 0 Å². The SMILES string of the molecule is COc1cc(N2CCN3[C@@H](c4ccc(OCCCn5nccn5)c(C)c4C)CCCI3C2)ccc1Cl. The van der Waals surface area contributed by atoms with Crippen molar-refractivity contribution in [2.45, 2.75) is 45.7 Å². The molecular weight excluding hydrogens is 589 g/mol. The molecule has 0 aliphatic carbocycles. The van der Waals surface area contributed by atoms with E-state index in [4.69, 9.17) is 21.1 Å². The number of aryl methyl sites for hydroxylation is 1. The van der Waals surface area contributed by atoms with E-state index in [1.807, 2.05) is 6.07 Å². The maximum absolute atomic E-state index is 6.27. The zero-order chi connectivity index (χ0) is 25.1. The van der Waals surface area contributed by atoms with Crippen LogP contribution in [0.2, 0.25) is 5.02 Å². The third-order valence-electron chi connectivity index (χ3n) is 7.21. The molecule has 0 N–H and O–H groups in total. The molecule has 7 nitrogen and oxygen atoms in total. The number of nitrogens with zero attached hydrogens (tertiary/aromatic N) is 5. The summed E-state index contributed by atoms with van der Waals surface area (Å²) in [5, 5.41) is 8.98. The van der Waals surface area contributed by atoms with Gasteiger partial charge in [-0.1, -0.05) is 0 Å². The molecule has 0 radical (unpaired) electrons. The molecule has 5 rings (SSSR count). The van der Waals surface area contributed by atoms with Gasteiger partial charge in [-0.3, -0.25) is 0 Å². The zero-order valence-electron chi connectivity index (χ0n) is 21.3. The molecule has 9 heteroatoms. The molecule has 2 aliphatic rings. The maximum atomic E-state index is 6.27. The van der Waals surface area contributed by atoms with Crippen molar-refractivity contribution >= 4 is 37.4 Å². The van der Waals surface area contributed by atoms with Gasteiger partial charge in [0.1, 0.15) is 0 Å². The van der Waals surface area contributed by atoms with Crippen molar-refractivity contribution in [3.63, 3.8) is 0 Å². The Labute approximate surface area is 226 Å². The van der Waals surface area contributed by atoms with Gasteiger partial charge >= 0.3 is 215 Å². The average Bonchev–Trinajstić information content (AvgIpc) is 3.42. The van der Waals surface area contributed by atoms with Crippen LogP contribution >= 0.6 is 31.7 Å². The number of hydrogen-bond donors (Lipinski definition) is 0. The summed E-state index contributed by atoms with van der Waals surface area (Å²) in [6.07, 6.45) is 6.87. The number of alkyl halides is 2. The molecule has 1 aromatic heterocycles. The molecule has 2 fully saturated rings. The summed E-state index contributed by atoms with van der Waals surface area (Å²) in [7, 11) is 1.68. The third kappa shape index (κ3) is 5.45. The topological polar surface area (TPSA) is 55.7 Å². The first-order valence-corrected chi connectivity index (χ1v) is 17.0. The molecule has 2 saturated heterocycles. The number of hydrogen-bond acceptors (Lipinski definition) is 6. The van der Waals surface area contributed by atoms with Gasteiger partial charge in [0.25, 0.3) is 0 Å². The Hall–Kier alpha value is -2.04. The van der Waals surface area contributed by atoms with E-state index < -0.39 is 20.1 Å². The average molecular weight is 624 g/mol. The molecule has 2 aliphatic heterocycles. The molecule has 36 heavy (non-hydrogen) atoms. The molecule has 0 bridgehead atoms. The van der Waals surface area contributed by atoms with E-state index in [0.29, 0.717) is 17.7 Å². The second-order valence-electron chi connectivity index (χ2n) is 9.33. The Bertz CT molecular complexity index is 1180. The second-order valence-corrected chi connectivity index (χ2v) is 15.2. The summed E-state index contributed by atoms with van der Waals surface area (Å²) in [5.74, 6) is 1.76. The van der Waals surface area contributed by atoms with E-state index in [9.17, 15) is 0 Å². The van der Waals surface area contributed by atoms with Crippen molar-refractivity contribution in [1.82, 2.24) is 18.1 Å². The van der Waals surface area contributed by atoms with Crippen LogP contribution < -0.4 is 14.4 Å². The van der Waals surface area contributed by atoms with Gasteiger partial charge in [0, 0.05) is 0 Å². The van der Waals surface area contributed by atoms with E-state index in [0.717, 1.165) is 37.6 Å². The van der Waals surface area contributed by atoms with Gasteiger partial charge in [0.15, 0.2) is 0 Å². The fourth-order valence-electron chi connectivity index (χ4n) is 5.12. The Morgan fingerprint density at radius 3 is 2.69 bits per heavy atom. The van der Waals surface area contributed by atoms with E-state index in [-0.39, 0.29) is 0 Å². The van der Waals surface area contributed by atoms with Crippen molar-refractivity contribution in [3.8, 4) is 11.5 Å². The molecule has 0 unspecified atom stereocenters. The number of fused-ring (bicyclic) bond motifs is 1. The number of halogens is 2. The van der Waals surface area contributed by atoms with Gasteiger partial charge in [-0.15, -0.1) is 0 Å². The van der Waals surface area contributed by atoms with Crippen molar-refractivity contribution in [2.24, 2.45) is 0 Å². The summed E-state index contributed by atoms with van der Waals surface area (Å²) < 4.78 is 17.1. The molecule has 0 amide bonds. The van der Waals surface area contributed by atoms with Crippen molar-refractivity contribution in [2.75, 3.05) is 40.7 Å². The number of anilines is 1. The van der Waals surface area contributed by atoms with E-state index >= 15 is 0 Å². The van der Waals surface area contributed by atoms with Gasteiger partial charge in [0.2, 0.25) is 0 Å². The number of benzene rings is 2. The Morgan fingerprint density at radius 2 is 1.89 bits per heavy atom. The minimum absolute atomic E-state index is 0.532. The van der Waals surface area contributed by atoms with E-state index in [2.05, 4.69) is 56.3 Å². The van der Waals surface area contributed by atoms with Gasteiger partial charge in [0.05, 0.1) is 12.4 Å². The van der Waals surface area contributed by atoms with Crippen LogP contribution in [0, 0.1) is 13.8 Å². The number of methoxy groups -OCH3 is 1. The fraction of sp³-hybridized carbons (Fsp3) is 0.481. The van der Waals surface area contributed by atoms with Crippen LogP contribution in [0.1, 0.15) is 42.0 Å². The summed E-state index contributed by atoms with van der Waals surface area (Å²) in [6.45, 7) is 8.08. The summed E-state index contributed by atoms with van der Waals surface area (Å²) in [6, 6.07) is 11.2. The fourth-order valence-corrected chi connectivity index (χ4v) is 12.1. The molecule has 0 saturated carbocycles. The summed E-state index contributed by atoms with van der Waals surface area (Å²) in [5.41, 5.74) is 5.37. The molecule has 194 valence electrons. The Morgan fingerprint density at radius 1 is 1.06 bits per heavy atom. The van der Waals surface area contributed by atoms with Crippen LogP contribution in [-0.2, 0) is 6.54 Å². The van der Waals surface area contributed by atoms with Crippen LogP contribution in [-0.4, -0.2) is 53.9 Å². The molecule has 0 spiro atoms. The summed E-state index contributed by atoms with van der Waals surface area (Å²) >= 11 is 4.98. The van der Waals surface area contributed by atoms with Crippen molar-refractivity contribution in [3.05, 3.63) is 64.4 Å². The van der Waals surface area contributed by atoms with Gasteiger partial charge in [-0.2, -0.15) is 0 Å². The monoisotopic (exact) mass is 623 g/mol. The Balaban J connectivity index is 1.25. The van der Waals surface area contributed by atoms with Crippen LogP contribution in [0.3, 0.4) is 0 Å². The quantitative estimate of drug-likeness (QED) is 0.1000. The number of ether oxygens (including phenoxy) is 2. The van der Waals surface area contributed by atoms with E-state index in [1.54, 1.807) is 24.3 Å². The van der Waals surface area contributed by atoms with Crippen molar-refractivity contribution < 1.29 is 9.47 Å². The first kappa shape index (κ1) is 25.6. The standard InChI is InChI=1S/C27H35ClIN5O2/c1-20-21(2)26(36-17-5-14-34-30-12-13-31-34)10-8-23(20)25-6-4-11-29-19-32(15-16-33(25)29)22-7-9-24(28)27(18-22)35-3/h7-10,12-13,18,25H,4-6,11,14-17,19H2,1-3H3/t25-/m1/s1. The molecule has 2 aromatic carbocycles. The molecule has 3 heterocycles. The first-order chi connectivity index (χ1) is 17.5. The van der Waals surface area contributed by atoms with Gasteiger partial charge in [-0.25, -0.2) is 0 Å². The normalized spacial score (nSPS) is 19.3. The van der Waals surface area contributed by atoms with Crippen LogP contribution in [0.25, 0.3) is 0 Å². The molecular formula is C27H35ClIN5O2. The number of aromatic nitrogens is 3. The predicted molar refractivity (Wildman–Crippen MR) is 154 cm³/mol.